The second-order valence-electron chi connectivity index (χ2n) is 2.97. The van der Waals surface area contributed by atoms with Gasteiger partial charge in [0.05, 0.1) is 0 Å². The zero-order chi connectivity index (χ0) is 7.40. The van der Waals surface area contributed by atoms with Crippen molar-refractivity contribution in [2.45, 2.75) is 12.8 Å². The molecule has 0 unspecified atom stereocenters. The first kappa shape index (κ1) is 8.01. The molecular formula is C9H15P. The van der Waals surface area contributed by atoms with Crippen LogP contribution < -0.4 is 0 Å². The van der Waals surface area contributed by atoms with Crippen LogP contribution in [0.1, 0.15) is 12.8 Å². The average Bonchev–Trinajstić information content (AvgIpc) is 2.34. The molecule has 56 valence electrons. The van der Waals surface area contributed by atoms with Crippen LogP contribution in [0.5, 0.6) is 0 Å². The van der Waals surface area contributed by atoms with Crippen LogP contribution >= 0.6 is 7.92 Å². The predicted octanol–water partition coefficient (Wildman–Crippen LogP) is 3.00. The van der Waals surface area contributed by atoms with E-state index in [1.807, 2.05) is 0 Å². The van der Waals surface area contributed by atoms with Crippen molar-refractivity contribution in [3.05, 3.63) is 23.8 Å². The molecule has 0 heterocycles. The van der Waals surface area contributed by atoms with Gasteiger partial charge in [0.2, 0.25) is 0 Å². The fourth-order valence-corrected chi connectivity index (χ4v) is 1.75. The Kier molecular flexibility index (Phi) is 3.15. The summed E-state index contributed by atoms with van der Waals surface area (Å²) in [5.74, 6) is 0. The first-order chi connectivity index (χ1) is 4.79. The summed E-state index contributed by atoms with van der Waals surface area (Å²) in [7, 11) is 0.309. The van der Waals surface area contributed by atoms with Crippen molar-refractivity contribution in [2.75, 3.05) is 19.5 Å². The highest BCUT2D eigenvalue weighted by molar-refractivity contribution is 7.55. The molecule has 1 aliphatic rings. The predicted molar refractivity (Wildman–Crippen MR) is 50.1 cm³/mol. The van der Waals surface area contributed by atoms with Crippen LogP contribution in [-0.2, 0) is 0 Å². The number of hydrogen-bond donors (Lipinski definition) is 0. The van der Waals surface area contributed by atoms with E-state index in [4.69, 9.17) is 0 Å². The highest BCUT2D eigenvalue weighted by atomic mass is 31.1. The summed E-state index contributed by atoms with van der Waals surface area (Å²) < 4.78 is 0. The van der Waals surface area contributed by atoms with Gasteiger partial charge in [-0.1, -0.05) is 23.8 Å². The number of rotatable bonds is 3. The summed E-state index contributed by atoms with van der Waals surface area (Å²) in [4.78, 5) is 0. The van der Waals surface area contributed by atoms with Crippen molar-refractivity contribution in [1.82, 2.24) is 0 Å². The number of allylic oxidation sites excluding steroid dienone is 4. The molecule has 0 aliphatic heterocycles. The zero-order valence-corrected chi connectivity index (χ0v) is 7.70. The van der Waals surface area contributed by atoms with Gasteiger partial charge in [0, 0.05) is 0 Å². The molecule has 0 amide bonds. The van der Waals surface area contributed by atoms with E-state index in [9.17, 15) is 0 Å². The molecule has 0 radical (unpaired) electrons. The summed E-state index contributed by atoms with van der Waals surface area (Å²) in [6.45, 7) is 4.68. The first-order valence-corrected chi connectivity index (χ1v) is 6.21. The molecule has 1 rings (SSSR count). The Hall–Kier alpha value is -0.0900. The van der Waals surface area contributed by atoms with E-state index >= 15 is 0 Å². The third-order valence-corrected chi connectivity index (χ3v) is 2.81. The van der Waals surface area contributed by atoms with Gasteiger partial charge in [-0.2, -0.15) is 0 Å². The zero-order valence-electron chi connectivity index (χ0n) is 6.80. The molecule has 0 spiro atoms. The van der Waals surface area contributed by atoms with Crippen LogP contribution in [0, 0.1) is 0 Å². The largest absolute Gasteiger partial charge is 0.113 e. The van der Waals surface area contributed by atoms with Crippen LogP contribution in [0.4, 0.5) is 0 Å². The Bertz CT molecular complexity index is 154. The highest BCUT2D eigenvalue weighted by Crippen LogP contribution is 2.28. The fraction of sp³-hybridized carbons (Fsp3) is 0.556. The maximum absolute atomic E-state index is 2.34. The monoisotopic (exact) mass is 154 g/mol. The van der Waals surface area contributed by atoms with Gasteiger partial charge < -0.3 is 0 Å². The molecule has 10 heavy (non-hydrogen) atoms. The van der Waals surface area contributed by atoms with Crippen LogP contribution in [0.2, 0.25) is 0 Å². The van der Waals surface area contributed by atoms with Gasteiger partial charge in [0.15, 0.2) is 0 Å². The lowest BCUT2D eigenvalue weighted by Gasteiger charge is -2.03. The Balaban J connectivity index is 2.19. The second-order valence-corrected chi connectivity index (χ2v) is 5.58. The van der Waals surface area contributed by atoms with Gasteiger partial charge in [-0.05, 0) is 32.3 Å². The van der Waals surface area contributed by atoms with Crippen molar-refractivity contribution in [2.24, 2.45) is 0 Å². The standard InChI is InChI=1S/C9H15P/c1-10(2)8-7-9-5-3-4-6-9/h3,5-6H,4,7-8H2,1-2H3. The van der Waals surface area contributed by atoms with Crippen LogP contribution in [-0.4, -0.2) is 19.5 Å². The summed E-state index contributed by atoms with van der Waals surface area (Å²) in [6.07, 6.45) is 10.7. The molecule has 0 saturated carbocycles. The summed E-state index contributed by atoms with van der Waals surface area (Å²) >= 11 is 0. The lowest BCUT2D eigenvalue weighted by molar-refractivity contribution is 1.16. The van der Waals surface area contributed by atoms with E-state index in [1.165, 1.54) is 19.0 Å². The van der Waals surface area contributed by atoms with Crippen LogP contribution in [0.3, 0.4) is 0 Å². The van der Waals surface area contributed by atoms with E-state index < -0.39 is 0 Å². The van der Waals surface area contributed by atoms with E-state index in [2.05, 4.69) is 31.6 Å². The van der Waals surface area contributed by atoms with Gasteiger partial charge >= 0.3 is 0 Å². The van der Waals surface area contributed by atoms with Crippen molar-refractivity contribution in [3.63, 3.8) is 0 Å². The van der Waals surface area contributed by atoms with Crippen LogP contribution in [0.15, 0.2) is 23.8 Å². The molecular weight excluding hydrogens is 139 g/mol. The molecule has 0 aromatic heterocycles. The van der Waals surface area contributed by atoms with Gasteiger partial charge in [0.1, 0.15) is 0 Å². The molecule has 1 heteroatoms. The third kappa shape index (κ3) is 2.66. The summed E-state index contributed by atoms with van der Waals surface area (Å²) in [5, 5.41) is 0. The molecule has 0 nitrogen and oxygen atoms in total. The smallest absolute Gasteiger partial charge is 0.0160 e. The summed E-state index contributed by atoms with van der Waals surface area (Å²) in [5.41, 5.74) is 1.55. The lowest BCUT2D eigenvalue weighted by Crippen LogP contribution is -1.82. The maximum Gasteiger partial charge on any atom is -0.0160 e. The van der Waals surface area contributed by atoms with E-state index in [-0.39, 0.29) is 0 Å². The molecule has 0 atom stereocenters. The minimum Gasteiger partial charge on any atom is -0.113 e. The topological polar surface area (TPSA) is 0 Å². The molecule has 0 saturated heterocycles. The molecule has 0 N–H and O–H groups in total. The SMILES string of the molecule is CP(C)CCC1=CCC=C1. The van der Waals surface area contributed by atoms with E-state index in [0.29, 0.717) is 7.92 Å². The lowest BCUT2D eigenvalue weighted by atomic mass is 10.2. The minimum atomic E-state index is 0.309. The molecule has 0 aromatic carbocycles. The van der Waals surface area contributed by atoms with Gasteiger partial charge in [-0.3, -0.25) is 0 Å². The Morgan fingerprint density at radius 3 is 2.80 bits per heavy atom. The van der Waals surface area contributed by atoms with Crippen molar-refractivity contribution in [3.8, 4) is 0 Å². The number of hydrogen-bond acceptors (Lipinski definition) is 0. The van der Waals surface area contributed by atoms with Crippen LogP contribution in [0.25, 0.3) is 0 Å². The highest BCUT2D eigenvalue weighted by Gasteiger charge is 1.98. The molecule has 0 fully saturated rings. The maximum atomic E-state index is 2.34. The minimum absolute atomic E-state index is 0.309. The molecule has 1 aliphatic carbocycles. The summed E-state index contributed by atoms with van der Waals surface area (Å²) in [6, 6.07) is 0. The van der Waals surface area contributed by atoms with Gasteiger partial charge in [-0.15, -0.1) is 7.92 Å². The fourth-order valence-electron chi connectivity index (χ4n) is 1.04. The molecule has 0 bridgehead atoms. The normalized spacial score (nSPS) is 16.5. The quantitative estimate of drug-likeness (QED) is 0.548. The van der Waals surface area contributed by atoms with Crippen molar-refractivity contribution in [1.29, 1.82) is 0 Å². The Labute approximate surface area is 64.8 Å². The van der Waals surface area contributed by atoms with Crippen molar-refractivity contribution < 1.29 is 0 Å². The second kappa shape index (κ2) is 3.93. The van der Waals surface area contributed by atoms with Crippen molar-refractivity contribution >= 4 is 7.92 Å². The molecule has 0 aromatic rings. The van der Waals surface area contributed by atoms with Gasteiger partial charge in [-0.25, -0.2) is 0 Å². The van der Waals surface area contributed by atoms with E-state index in [1.54, 1.807) is 5.57 Å². The average molecular weight is 154 g/mol. The first-order valence-electron chi connectivity index (χ1n) is 3.79. The van der Waals surface area contributed by atoms with Gasteiger partial charge in [0.25, 0.3) is 0 Å². The Morgan fingerprint density at radius 1 is 1.50 bits per heavy atom. The third-order valence-electron chi connectivity index (χ3n) is 1.70. The van der Waals surface area contributed by atoms with E-state index in [0.717, 1.165) is 0 Å². The Morgan fingerprint density at radius 2 is 2.30 bits per heavy atom.